The summed E-state index contributed by atoms with van der Waals surface area (Å²) in [5.74, 6) is -0.278. The Hall–Kier alpha value is -1.43. The van der Waals surface area contributed by atoms with E-state index in [2.05, 4.69) is 15.4 Å². The molecule has 88 valence electrons. The lowest BCUT2D eigenvalue weighted by Crippen LogP contribution is -2.56. The second-order valence-electron chi connectivity index (χ2n) is 4.32. The number of carbonyl (C=O) groups excluding carboxylic acids is 1. The summed E-state index contributed by atoms with van der Waals surface area (Å²) in [4.78, 5) is 15.5. The highest BCUT2D eigenvalue weighted by atomic mass is 16.1. The fraction of sp³-hybridized carbons (Fsp3) is 0.700. The summed E-state index contributed by atoms with van der Waals surface area (Å²) in [5.41, 5.74) is 4.89. The summed E-state index contributed by atoms with van der Waals surface area (Å²) in [7, 11) is 1.79. The van der Waals surface area contributed by atoms with Crippen molar-refractivity contribution in [2.45, 2.75) is 37.3 Å². The van der Waals surface area contributed by atoms with Crippen LogP contribution >= 0.6 is 0 Å². The smallest absolute Gasteiger partial charge is 0.237 e. The van der Waals surface area contributed by atoms with Crippen LogP contribution in [0.4, 0.5) is 0 Å². The number of rotatable bonds is 3. The summed E-state index contributed by atoms with van der Waals surface area (Å²) in [6, 6.07) is 0.205. The number of primary amides is 1. The van der Waals surface area contributed by atoms with E-state index in [0.717, 1.165) is 19.3 Å². The zero-order valence-electron chi connectivity index (χ0n) is 9.39. The van der Waals surface area contributed by atoms with E-state index >= 15 is 0 Å². The zero-order valence-corrected chi connectivity index (χ0v) is 9.39. The van der Waals surface area contributed by atoms with E-state index in [4.69, 9.17) is 5.73 Å². The van der Waals surface area contributed by atoms with Crippen molar-refractivity contribution in [3.63, 3.8) is 0 Å². The van der Waals surface area contributed by atoms with Gasteiger partial charge in [0.15, 0.2) is 0 Å². The Morgan fingerprint density at radius 2 is 2.50 bits per heavy atom. The Labute approximate surface area is 94.2 Å². The van der Waals surface area contributed by atoms with Crippen molar-refractivity contribution < 1.29 is 4.79 Å². The monoisotopic (exact) mass is 223 g/mol. The fourth-order valence-corrected chi connectivity index (χ4v) is 2.45. The van der Waals surface area contributed by atoms with Crippen molar-refractivity contribution in [3.8, 4) is 0 Å². The Balaban J connectivity index is 2.18. The van der Waals surface area contributed by atoms with Crippen molar-refractivity contribution in [1.29, 1.82) is 0 Å². The first-order chi connectivity index (χ1) is 7.68. The molecule has 1 heterocycles. The highest BCUT2D eigenvalue weighted by molar-refractivity contribution is 5.84. The number of hydrogen-bond acceptors (Lipinski definition) is 4. The first-order valence-corrected chi connectivity index (χ1v) is 5.51. The Morgan fingerprint density at radius 1 is 1.69 bits per heavy atom. The average molecular weight is 223 g/mol. The van der Waals surface area contributed by atoms with Gasteiger partial charge in [0.1, 0.15) is 12.7 Å². The maximum absolute atomic E-state index is 11.5. The first-order valence-electron chi connectivity index (χ1n) is 5.51. The van der Waals surface area contributed by atoms with Crippen molar-refractivity contribution in [1.82, 2.24) is 20.1 Å². The van der Waals surface area contributed by atoms with Crippen LogP contribution in [0.3, 0.4) is 0 Å². The molecule has 2 rings (SSSR count). The summed E-state index contributed by atoms with van der Waals surface area (Å²) in [5, 5.41) is 7.20. The lowest BCUT2D eigenvalue weighted by atomic mass is 9.78. The SMILES string of the molecule is CNC1(C(N)=O)CCCC(n2cncn2)C1. The Bertz CT molecular complexity index is 363. The van der Waals surface area contributed by atoms with Crippen LogP contribution in [-0.4, -0.2) is 33.3 Å². The molecule has 1 aromatic heterocycles. The third kappa shape index (κ3) is 1.80. The van der Waals surface area contributed by atoms with Gasteiger partial charge in [0, 0.05) is 0 Å². The number of amides is 1. The van der Waals surface area contributed by atoms with Gasteiger partial charge in [0.25, 0.3) is 0 Å². The molecule has 0 aromatic carbocycles. The second-order valence-corrected chi connectivity index (χ2v) is 4.32. The van der Waals surface area contributed by atoms with Gasteiger partial charge in [-0.15, -0.1) is 0 Å². The molecule has 6 nitrogen and oxygen atoms in total. The van der Waals surface area contributed by atoms with Crippen molar-refractivity contribution in [2.75, 3.05) is 7.05 Å². The quantitative estimate of drug-likeness (QED) is 0.745. The van der Waals surface area contributed by atoms with Gasteiger partial charge in [-0.2, -0.15) is 5.10 Å². The number of likely N-dealkylation sites (N-methyl/N-ethyl adjacent to an activating group) is 1. The first kappa shape index (κ1) is 11.1. The Morgan fingerprint density at radius 3 is 3.06 bits per heavy atom. The third-order valence-corrected chi connectivity index (χ3v) is 3.49. The van der Waals surface area contributed by atoms with Crippen LogP contribution in [0, 0.1) is 0 Å². The molecule has 1 aliphatic carbocycles. The number of carbonyl (C=O) groups is 1. The van der Waals surface area contributed by atoms with E-state index in [-0.39, 0.29) is 11.9 Å². The van der Waals surface area contributed by atoms with E-state index in [1.807, 2.05) is 4.68 Å². The molecular weight excluding hydrogens is 206 g/mol. The topological polar surface area (TPSA) is 85.8 Å². The van der Waals surface area contributed by atoms with Gasteiger partial charge >= 0.3 is 0 Å². The summed E-state index contributed by atoms with van der Waals surface area (Å²) in [6.45, 7) is 0. The molecule has 2 atom stereocenters. The number of aromatic nitrogens is 3. The molecule has 2 unspecified atom stereocenters. The van der Waals surface area contributed by atoms with Crippen LogP contribution in [0.15, 0.2) is 12.7 Å². The highest BCUT2D eigenvalue weighted by Gasteiger charge is 2.40. The second kappa shape index (κ2) is 4.21. The zero-order chi connectivity index (χ0) is 11.6. The van der Waals surface area contributed by atoms with Crippen LogP contribution in [0.5, 0.6) is 0 Å². The van der Waals surface area contributed by atoms with Crippen molar-refractivity contribution in [2.24, 2.45) is 5.73 Å². The summed E-state index contributed by atoms with van der Waals surface area (Å²) < 4.78 is 1.81. The van der Waals surface area contributed by atoms with Gasteiger partial charge in [0.2, 0.25) is 5.91 Å². The summed E-state index contributed by atoms with van der Waals surface area (Å²) in [6.07, 6.45) is 6.66. The molecule has 1 aliphatic rings. The molecule has 6 heteroatoms. The molecule has 1 fully saturated rings. The molecule has 1 amide bonds. The number of hydrogen-bond donors (Lipinski definition) is 2. The molecule has 16 heavy (non-hydrogen) atoms. The molecular formula is C10H17N5O. The van der Waals surface area contributed by atoms with Crippen LogP contribution in [0.1, 0.15) is 31.7 Å². The highest BCUT2D eigenvalue weighted by Crippen LogP contribution is 2.34. The van der Waals surface area contributed by atoms with E-state index < -0.39 is 5.54 Å². The molecule has 0 spiro atoms. The molecule has 0 aliphatic heterocycles. The van der Waals surface area contributed by atoms with Gasteiger partial charge < -0.3 is 11.1 Å². The maximum atomic E-state index is 11.5. The normalized spacial score (nSPS) is 30.2. The standard InChI is InChI=1S/C10H17N5O/c1-12-10(9(11)16)4-2-3-8(5-10)15-7-13-6-14-15/h6-8,12H,2-5H2,1H3,(H2,11,16). The minimum Gasteiger partial charge on any atom is -0.368 e. The molecule has 1 aromatic rings. The summed E-state index contributed by atoms with van der Waals surface area (Å²) >= 11 is 0. The van der Waals surface area contributed by atoms with Crippen LogP contribution in [-0.2, 0) is 4.79 Å². The third-order valence-electron chi connectivity index (χ3n) is 3.49. The average Bonchev–Trinajstić information content (AvgIpc) is 2.82. The number of nitrogens with one attached hydrogen (secondary N) is 1. The van der Waals surface area contributed by atoms with E-state index in [1.54, 1.807) is 13.4 Å². The Kier molecular flexibility index (Phi) is 2.91. The van der Waals surface area contributed by atoms with Gasteiger partial charge in [-0.1, -0.05) is 0 Å². The molecule has 0 radical (unpaired) electrons. The molecule has 3 N–H and O–H groups in total. The van der Waals surface area contributed by atoms with Gasteiger partial charge in [-0.05, 0) is 32.7 Å². The van der Waals surface area contributed by atoms with E-state index in [0.29, 0.717) is 6.42 Å². The van der Waals surface area contributed by atoms with Gasteiger partial charge in [0.05, 0.1) is 11.6 Å². The fourth-order valence-electron chi connectivity index (χ4n) is 2.45. The van der Waals surface area contributed by atoms with E-state index in [9.17, 15) is 4.79 Å². The molecule has 0 saturated heterocycles. The maximum Gasteiger partial charge on any atom is 0.237 e. The van der Waals surface area contributed by atoms with Gasteiger partial charge in [-0.25, -0.2) is 9.67 Å². The van der Waals surface area contributed by atoms with E-state index in [1.165, 1.54) is 6.33 Å². The molecule has 0 bridgehead atoms. The lowest BCUT2D eigenvalue weighted by Gasteiger charge is -2.38. The largest absolute Gasteiger partial charge is 0.368 e. The number of nitrogens with two attached hydrogens (primary N) is 1. The predicted molar refractivity (Wildman–Crippen MR) is 58.5 cm³/mol. The predicted octanol–water partition coefficient (Wildman–Crippen LogP) is -0.163. The van der Waals surface area contributed by atoms with Crippen LogP contribution in [0.25, 0.3) is 0 Å². The lowest BCUT2D eigenvalue weighted by molar-refractivity contribution is -0.126. The van der Waals surface area contributed by atoms with Crippen molar-refractivity contribution >= 4 is 5.91 Å². The molecule has 1 saturated carbocycles. The minimum atomic E-state index is -0.588. The van der Waals surface area contributed by atoms with Crippen LogP contribution in [0.2, 0.25) is 0 Å². The van der Waals surface area contributed by atoms with Gasteiger partial charge in [-0.3, -0.25) is 4.79 Å². The minimum absolute atomic E-state index is 0.205. The van der Waals surface area contributed by atoms with Crippen LogP contribution < -0.4 is 11.1 Å². The van der Waals surface area contributed by atoms with Crippen molar-refractivity contribution in [3.05, 3.63) is 12.7 Å². The number of nitrogens with zero attached hydrogens (tertiary/aromatic N) is 3.